The first kappa shape index (κ1) is 19.4. The van der Waals surface area contributed by atoms with Crippen LogP contribution in [0.4, 0.5) is 26.3 Å². The molecule has 1 aromatic rings. The molecule has 2 rings (SSSR count). The fraction of sp³-hybridized carbons (Fsp3) is 0.562. The fourth-order valence-corrected chi connectivity index (χ4v) is 2.54. The number of guanidine groups is 1. The minimum atomic E-state index is -4.41. The molecule has 0 bridgehead atoms. The van der Waals surface area contributed by atoms with Crippen LogP contribution in [-0.4, -0.2) is 32.3 Å². The zero-order valence-electron chi connectivity index (χ0n) is 13.6. The predicted molar refractivity (Wildman–Crippen MR) is 82.4 cm³/mol. The molecule has 9 heteroatoms. The zero-order chi connectivity index (χ0) is 18.7. The summed E-state index contributed by atoms with van der Waals surface area (Å²) in [5, 5.41) is 5.46. The molecule has 0 atom stereocenters. The van der Waals surface area contributed by atoms with E-state index in [1.54, 1.807) is 6.07 Å². The Hall–Kier alpha value is -1.93. The van der Waals surface area contributed by atoms with Crippen LogP contribution >= 0.6 is 0 Å². The summed E-state index contributed by atoms with van der Waals surface area (Å²) in [5.74, 6) is 0.197. The number of rotatable bonds is 5. The fourth-order valence-electron chi connectivity index (χ4n) is 2.54. The average molecular weight is 367 g/mol. The molecule has 0 spiro atoms. The van der Waals surface area contributed by atoms with Crippen molar-refractivity contribution in [3.05, 3.63) is 35.4 Å². The molecular formula is C16H19F6N3. The van der Waals surface area contributed by atoms with Gasteiger partial charge in [0.05, 0.1) is 12.0 Å². The summed E-state index contributed by atoms with van der Waals surface area (Å²) in [6.07, 6.45) is -8.25. The monoisotopic (exact) mass is 367 g/mol. The van der Waals surface area contributed by atoms with Gasteiger partial charge in [-0.25, -0.2) is 0 Å². The van der Waals surface area contributed by atoms with Crippen LogP contribution in [0.1, 0.15) is 30.4 Å². The molecule has 0 amide bonds. The van der Waals surface area contributed by atoms with E-state index in [-0.39, 0.29) is 12.5 Å². The van der Waals surface area contributed by atoms with Gasteiger partial charge in [-0.15, -0.1) is 0 Å². The van der Waals surface area contributed by atoms with Gasteiger partial charge in [-0.3, -0.25) is 4.99 Å². The van der Waals surface area contributed by atoms with Gasteiger partial charge >= 0.3 is 12.4 Å². The second-order valence-corrected chi connectivity index (χ2v) is 6.08. The maximum absolute atomic E-state index is 12.8. The molecule has 1 saturated carbocycles. The van der Waals surface area contributed by atoms with Gasteiger partial charge in [0.2, 0.25) is 0 Å². The van der Waals surface area contributed by atoms with Crippen molar-refractivity contribution in [3.63, 3.8) is 0 Å². The summed E-state index contributed by atoms with van der Waals surface area (Å²) in [4.78, 5) is 3.84. The third-order valence-corrected chi connectivity index (χ3v) is 4.17. The van der Waals surface area contributed by atoms with E-state index in [1.807, 2.05) is 0 Å². The van der Waals surface area contributed by atoms with E-state index in [0.717, 1.165) is 12.1 Å². The largest absolute Gasteiger partial charge is 0.416 e. The van der Waals surface area contributed by atoms with Gasteiger partial charge in [0, 0.05) is 25.6 Å². The first-order valence-electron chi connectivity index (χ1n) is 7.75. The van der Waals surface area contributed by atoms with Crippen molar-refractivity contribution < 1.29 is 26.3 Å². The SMILES string of the molecule is CN=C(NCCC(F)(F)F)NCC1(c2cccc(C(F)(F)F)c2)CC1. The summed E-state index contributed by atoms with van der Waals surface area (Å²) in [5.41, 5.74) is -0.576. The molecule has 0 aromatic heterocycles. The minimum absolute atomic E-state index is 0.197. The number of benzene rings is 1. The van der Waals surface area contributed by atoms with E-state index in [1.165, 1.54) is 13.1 Å². The van der Waals surface area contributed by atoms with E-state index in [4.69, 9.17) is 0 Å². The Morgan fingerprint density at radius 3 is 2.32 bits per heavy atom. The Morgan fingerprint density at radius 1 is 1.12 bits per heavy atom. The lowest BCUT2D eigenvalue weighted by atomic mass is 9.94. The summed E-state index contributed by atoms with van der Waals surface area (Å²) < 4.78 is 75.0. The summed E-state index contributed by atoms with van der Waals surface area (Å²) in [6.45, 7) is -0.0142. The molecule has 0 aliphatic heterocycles. The number of alkyl halides is 6. The van der Waals surface area contributed by atoms with Crippen molar-refractivity contribution in [3.8, 4) is 0 Å². The second kappa shape index (κ2) is 7.13. The van der Waals surface area contributed by atoms with Gasteiger partial charge in [0.1, 0.15) is 0 Å². The molecule has 1 aliphatic carbocycles. The van der Waals surface area contributed by atoms with Gasteiger partial charge < -0.3 is 10.6 Å². The van der Waals surface area contributed by atoms with Crippen molar-refractivity contribution in [1.82, 2.24) is 10.6 Å². The van der Waals surface area contributed by atoms with Crippen LogP contribution in [0.2, 0.25) is 0 Å². The van der Waals surface area contributed by atoms with Gasteiger partial charge in [0.15, 0.2) is 5.96 Å². The standard InChI is InChI=1S/C16H19F6N3/c1-23-13(24-8-7-15(17,18)19)25-10-14(5-6-14)11-3-2-4-12(9-11)16(20,21)22/h2-4,9H,5-8,10H2,1H3,(H2,23,24,25). The lowest BCUT2D eigenvalue weighted by Gasteiger charge is -2.20. The van der Waals surface area contributed by atoms with E-state index in [0.29, 0.717) is 24.9 Å². The number of nitrogens with zero attached hydrogens (tertiary/aromatic N) is 1. The van der Waals surface area contributed by atoms with E-state index >= 15 is 0 Å². The van der Waals surface area contributed by atoms with Crippen LogP contribution in [0.5, 0.6) is 0 Å². The molecule has 1 aromatic carbocycles. The third kappa shape index (κ3) is 5.54. The Kier molecular flexibility index (Phi) is 5.53. The smallest absolute Gasteiger partial charge is 0.356 e. The minimum Gasteiger partial charge on any atom is -0.356 e. The Morgan fingerprint density at radius 2 is 1.80 bits per heavy atom. The average Bonchev–Trinajstić information content (AvgIpc) is 3.30. The molecule has 1 aliphatic rings. The number of nitrogens with one attached hydrogen (secondary N) is 2. The van der Waals surface area contributed by atoms with Crippen molar-refractivity contribution in [2.75, 3.05) is 20.1 Å². The normalized spacial score (nSPS) is 17.3. The Bertz CT molecular complexity index is 617. The highest BCUT2D eigenvalue weighted by Crippen LogP contribution is 2.48. The van der Waals surface area contributed by atoms with E-state index in [2.05, 4.69) is 15.6 Å². The molecule has 140 valence electrons. The molecule has 3 nitrogen and oxygen atoms in total. The highest BCUT2D eigenvalue weighted by Gasteiger charge is 2.45. The van der Waals surface area contributed by atoms with Crippen LogP contribution in [0.25, 0.3) is 0 Å². The molecule has 2 N–H and O–H groups in total. The molecular weight excluding hydrogens is 348 g/mol. The summed E-state index contributed by atoms with van der Waals surface area (Å²) in [7, 11) is 1.42. The van der Waals surface area contributed by atoms with E-state index < -0.39 is 29.8 Å². The van der Waals surface area contributed by atoms with Gasteiger partial charge in [-0.05, 0) is 24.5 Å². The molecule has 25 heavy (non-hydrogen) atoms. The number of hydrogen-bond acceptors (Lipinski definition) is 1. The maximum atomic E-state index is 12.8. The van der Waals surface area contributed by atoms with Gasteiger partial charge in [-0.1, -0.05) is 18.2 Å². The number of aliphatic imine (C=N–C) groups is 1. The zero-order valence-corrected chi connectivity index (χ0v) is 13.6. The molecule has 0 saturated heterocycles. The van der Waals surface area contributed by atoms with Crippen molar-refractivity contribution >= 4 is 5.96 Å². The van der Waals surface area contributed by atoms with Gasteiger partial charge in [0.25, 0.3) is 0 Å². The Labute approximate surface area is 141 Å². The van der Waals surface area contributed by atoms with Crippen molar-refractivity contribution in [2.45, 2.75) is 37.0 Å². The lowest BCUT2D eigenvalue weighted by molar-refractivity contribution is -0.137. The van der Waals surface area contributed by atoms with Crippen molar-refractivity contribution in [1.29, 1.82) is 0 Å². The first-order valence-corrected chi connectivity index (χ1v) is 7.75. The quantitative estimate of drug-likeness (QED) is 0.471. The summed E-state index contributed by atoms with van der Waals surface area (Å²) in [6, 6.07) is 5.16. The van der Waals surface area contributed by atoms with Crippen LogP contribution in [0.3, 0.4) is 0 Å². The molecule has 1 fully saturated rings. The van der Waals surface area contributed by atoms with E-state index in [9.17, 15) is 26.3 Å². The van der Waals surface area contributed by atoms with Crippen LogP contribution in [0.15, 0.2) is 29.3 Å². The maximum Gasteiger partial charge on any atom is 0.416 e. The Balaban J connectivity index is 1.96. The molecule has 0 radical (unpaired) electrons. The first-order chi connectivity index (χ1) is 11.6. The van der Waals surface area contributed by atoms with Crippen LogP contribution < -0.4 is 10.6 Å². The van der Waals surface area contributed by atoms with Crippen LogP contribution in [0, 0.1) is 0 Å². The summed E-state index contributed by atoms with van der Waals surface area (Å²) >= 11 is 0. The molecule has 0 unspecified atom stereocenters. The molecule has 0 heterocycles. The highest BCUT2D eigenvalue weighted by atomic mass is 19.4. The van der Waals surface area contributed by atoms with Gasteiger partial charge in [-0.2, -0.15) is 26.3 Å². The third-order valence-electron chi connectivity index (χ3n) is 4.17. The second-order valence-electron chi connectivity index (χ2n) is 6.08. The number of hydrogen-bond donors (Lipinski definition) is 2. The van der Waals surface area contributed by atoms with Crippen LogP contribution in [-0.2, 0) is 11.6 Å². The number of halogens is 6. The topological polar surface area (TPSA) is 36.4 Å². The lowest BCUT2D eigenvalue weighted by Crippen LogP contribution is -2.42. The van der Waals surface area contributed by atoms with Crippen molar-refractivity contribution in [2.24, 2.45) is 4.99 Å². The highest BCUT2D eigenvalue weighted by molar-refractivity contribution is 5.79. The predicted octanol–water partition coefficient (Wildman–Crippen LogP) is 3.85.